The summed E-state index contributed by atoms with van der Waals surface area (Å²) in [6.45, 7) is 1.95. The van der Waals surface area contributed by atoms with Crippen LogP contribution in [0.2, 0.25) is 0 Å². The maximum absolute atomic E-state index is 12.9. The van der Waals surface area contributed by atoms with Crippen LogP contribution in [-0.4, -0.2) is 40.2 Å². The minimum Gasteiger partial charge on any atom is -0.451 e. The summed E-state index contributed by atoms with van der Waals surface area (Å²) >= 11 is 0. The number of amides is 3. The summed E-state index contributed by atoms with van der Waals surface area (Å²) in [7, 11) is 1.58. The first kappa shape index (κ1) is 25.3. The summed E-state index contributed by atoms with van der Waals surface area (Å²) in [5.74, 6) is -0.131. The van der Waals surface area contributed by atoms with E-state index < -0.39 is 11.9 Å². The lowest BCUT2D eigenvalue weighted by Gasteiger charge is -2.29. The molecule has 1 saturated carbocycles. The number of furan rings is 1. The topological polar surface area (TPSA) is 118 Å². The maximum atomic E-state index is 12.9. The van der Waals surface area contributed by atoms with Gasteiger partial charge in [-0.15, -0.1) is 0 Å². The third-order valence-electron chi connectivity index (χ3n) is 7.12. The standard InChI is InChI=1S/C29H31N5O4/c1-18-7-6-10-25-32-22(17-34(18)25)27(35)31-21-13-11-19(12-14-21)23-15-16-24(38-23)28(36)33-26(29(37)30-2)20-8-4-3-5-9-20/h6-7,10-17,20,26H,3-5,8-9H2,1-2H3,(H,30,37)(H,31,35)(H,33,36). The third kappa shape index (κ3) is 5.32. The number of likely N-dealkylation sites (N-methyl/N-ethyl adjacent to an activating group) is 1. The molecule has 4 aromatic rings. The predicted octanol–water partition coefficient (Wildman–Crippen LogP) is 4.58. The van der Waals surface area contributed by atoms with Gasteiger partial charge in [0.1, 0.15) is 23.1 Å². The van der Waals surface area contributed by atoms with Crippen molar-refractivity contribution in [2.24, 2.45) is 5.92 Å². The SMILES string of the molecule is CNC(=O)C(NC(=O)c1ccc(-c2ccc(NC(=O)c3cn4c(C)cccc4n3)cc2)o1)C1CCCCC1. The zero-order valence-electron chi connectivity index (χ0n) is 21.5. The fourth-order valence-electron chi connectivity index (χ4n) is 5.02. The molecule has 3 aromatic heterocycles. The lowest BCUT2D eigenvalue weighted by atomic mass is 9.83. The Balaban J connectivity index is 1.24. The molecular formula is C29H31N5O4. The number of aromatic nitrogens is 2. The molecule has 1 aliphatic rings. The Morgan fingerprint density at radius 2 is 1.74 bits per heavy atom. The zero-order valence-corrected chi connectivity index (χ0v) is 21.5. The van der Waals surface area contributed by atoms with Crippen molar-refractivity contribution in [1.29, 1.82) is 0 Å². The number of nitrogens with one attached hydrogen (secondary N) is 3. The number of benzene rings is 1. The Morgan fingerprint density at radius 3 is 2.45 bits per heavy atom. The van der Waals surface area contributed by atoms with Gasteiger partial charge in [-0.3, -0.25) is 14.4 Å². The Labute approximate surface area is 220 Å². The van der Waals surface area contributed by atoms with Gasteiger partial charge in [0.15, 0.2) is 5.76 Å². The van der Waals surface area contributed by atoms with Crippen molar-refractivity contribution in [1.82, 2.24) is 20.0 Å². The maximum Gasteiger partial charge on any atom is 0.287 e. The van der Waals surface area contributed by atoms with Crippen LogP contribution in [0.15, 0.2) is 65.2 Å². The van der Waals surface area contributed by atoms with Gasteiger partial charge < -0.3 is 24.8 Å². The average Bonchev–Trinajstić information content (AvgIpc) is 3.61. The molecule has 0 aliphatic heterocycles. The Kier molecular flexibility index (Phi) is 7.26. The number of carbonyl (C=O) groups is 3. The predicted molar refractivity (Wildman–Crippen MR) is 144 cm³/mol. The van der Waals surface area contributed by atoms with E-state index >= 15 is 0 Å². The second-order valence-electron chi connectivity index (χ2n) is 9.68. The Bertz CT molecular complexity index is 1460. The van der Waals surface area contributed by atoms with E-state index in [9.17, 15) is 14.4 Å². The number of hydrogen-bond acceptors (Lipinski definition) is 5. The second kappa shape index (κ2) is 10.9. The van der Waals surface area contributed by atoms with Crippen molar-refractivity contribution >= 4 is 29.1 Å². The molecule has 9 heteroatoms. The molecule has 3 N–H and O–H groups in total. The molecule has 3 heterocycles. The van der Waals surface area contributed by atoms with E-state index in [1.54, 1.807) is 49.6 Å². The summed E-state index contributed by atoms with van der Waals surface area (Å²) in [6.07, 6.45) is 6.84. The van der Waals surface area contributed by atoms with E-state index in [1.807, 2.05) is 29.5 Å². The lowest BCUT2D eigenvalue weighted by Crippen LogP contribution is -2.50. The molecule has 5 rings (SSSR count). The molecule has 9 nitrogen and oxygen atoms in total. The Morgan fingerprint density at radius 1 is 0.974 bits per heavy atom. The minimum atomic E-state index is -0.582. The fourth-order valence-corrected chi connectivity index (χ4v) is 5.02. The summed E-state index contributed by atoms with van der Waals surface area (Å²) in [6, 6.07) is 15.6. The number of pyridine rings is 1. The van der Waals surface area contributed by atoms with Crippen LogP contribution in [0.1, 0.15) is 58.8 Å². The second-order valence-corrected chi connectivity index (χ2v) is 9.68. The van der Waals surface area contributed by atoms with E-state index in [4.69, 9.17) is 4.42 Å². The summed E-state index contributed by atoms with van der Waals surface area (Å²) in [5.41, 5.74) is 3.39. The number of aryl methyl sites for hydroxylation is 1. The van der Waals surface area contributed by atoms with Crippen LogP contribution in [0.3, 0.4) is 0 Å². The van der Waals surface area contributed by atoms with Gasteiger partial charge in [0.05, 0.1) is 0 Å². The Hall–Kier alpha value is -4.40. The highest BCUT2D eigenvalue weighted by Gasteiger charge is 2.31. The van der Waals surface area contributed by atoms with Crippen LogP contribution >= 0.6 is 0 Å². The monoisotopic (exact) mass is 513 g/mol. The number of fused-ring (bicyclic) bond motifs is 1. The summed E-state index contributed by atoms with van der Waals surface area (Å²) in [5, 5.41) is 8.41. The van der Waals surface area contributed by atoms with Crippen LogP contribution in [-0.2, 0) is 4.79 Å². The molecule has 3 amide bonds. The van der Waals surface area contributed by atoms with Crippen molar-refractivity contribution in [2.45, 2.75) is 45.1 Å². The highest BCUT2D eigenvalue weighted by atomic mass is 16.4. The highest BCUT2D eigenvalue weighted by molar-refractivity contribution is 6.03. The van der Waals surface area contributed by atoms with Crippen molar-refractivity contribution in [3.05, 3.63) is 77.9 Å². The van der Waals surface area contributed by atoms with Gasteiger partial charge in [-0.05, 0) is 74.2 Å². The van der Waals surface area contributed by atoms with Gasteiger partial charge in [-0.2, -0.15) is 0 Å². The van der Waals surface area contributed by atoms with Crippen LogP contribution < -0.4 is 16.0 Å². The minimum absolute atomic E-state index is 0.120. The van der Waals surface area contributed by atoms with Gasteiger partial charge in [0, 0.05) is 30.2 Å². The molecule has 0 saturated heterocycles. The molecule has 0 spiro atoms. The number of nitrogens with zero attached hydrogens (tertiary/aromatic N) is 2. The number of carbonyl (C=O) groups excluding carboxylic acids is 3. The molecule has 1 fully saturated rings. The largest absolute Gasteiger partial charge is 0.451 e. The molecule has 38 heavy (non-hydrogen) atoms. The summed E-state index contributed by atoms with van der Waals surface area (Å²) in [4.78, 5) is 42.5. The van der Waals surface area contributed by atoms with Gasteiger partial charge in [-0.25, -0.2) is 4.98 Å². The number of rotatable bonds is 7. The van der Waals surface area contributed by atoms with Crippen LogP contribution in [0, 0.1) is 12.8 Å². The zero-order chi connectivity index (χ0) is 26.6. The quantitative estimate of drug-likeness (QED) is 0.334. The van der Waals surface area contributed by atoms with Crippen LogP contribution in [0.25, 0.3) is 17.0 Å². The number of imidazole rings is 1. The number of hydrogen-bond donors (Lipinski definition) is 3. The average molecular weight is 514 g/mol. The smallest absolute Gasteiger partial charge is 0.287 e. The van der Waals surface area contributed by atoms with Gasteiger partial charge in [-0.1, -0.05) is 25.3 Å². The fraction of sp³-hybridized carbons (Fsp3) is 0.310. The normalized spacial score (nSPS) is 14.7. The van der Waals surface area contributed by atoms with Crippen LogP contribution in [0.4, 0.5) is 5.69 Å². The van der Waals surface area contributed by atoms with Crippen molar-refractivity contribution in [2.75, 3.05) is 12.4 Å². The molecular weight excluding hydrogens is 482 g/mol. The molecule has 1 aliphatic carbocycles. The molecule has 0 radical (unpaired) electrons. The first-order chi connectivity index (χ1) is 18.4. The first-order valence-corrected chi connectivity index (χ1v) is 12.9. The number of anilines is 1. The lowest BCUT2D eigenvalue weighted by molar-refractivity contribution is -0.124. The van der Waals surface area contributed by atoms with E-state index in [2.05, 4.69) is 20.9 Å². The molecule has 1 atom stereocenters. The van der Waals surface area contributed by atoms with Gasteiger partial charge in [0.25, 0.3) is 11.8 Å². The van der Waals surface area contributed by atoms with Crippen molar-refractivity contribution < 1.29 is 18.8 Å². The third-order valence-corrected chi connectivity index (χ3v) is 7.12. The van der Waals surface area contributed by atoms with E-state index in [0.29, 0.717) is 22.8 Å². The van der Waals surface area contributed by atoms with Crippen LogP contribution in [0.5, 0.6) is 0 Å². The van der Waals surface area contributed by atoms with Crippen molar-refractivity contribution in [3.8, 4) is 11.3 Å². The van der Waals surface area contributed by atoms with Gasteiger partial charge in [0.2, 0.25) is 5.91 Å². The van der Waals surface area contributed by atoms with E-state index in [-0.39, 0.29) is 23.5 Å². The summed E-state index contributed by atoms with van der Waals surface area (Å²) < 4.78 is 7.69. The molecule has 1 aromatic carbocycles. The van der Waals surface area contributed by atoms with Gasteiger partial charge >= 0.3 is 0 Å². The molecule has 196 valence electrons. The van der Waals surface area contributed by atoms with E-state index in [1.165, 1.54) is 0 Å². The molecule has 0 bridgehead atoms. The highest BCUT2D eigenvalue weighted by Crippen LogP contribution is 2.28. The molecule has 1 unspecified atom stereocenters. The first-order valence-electron chi connectivity index (χ1n) is 12.9. The van der Waals surface area contributed by atoms with Crippen molar-refractivity contribution in [3.63, 3.8) is 0 Å². The van der Waals surface area contributed by atoms with E-state index in [0.717, 1.165) is 43.4 Å².